The van der Waals surface area contributed by atoms with E-state index in [9.17, 15) is 9.59 Å². The van der Waals surface area contributed by atoms with Gasteiger partial charge in [0.25, 0.3) is 5.91 Å². The summed E-state index contributed by atoms with van der Waals surface area (Å²) in [5, 5.41) is 1.46. The van der Waals surface area contributed by atoms with Gasteiger partial charge in [0, 0.05) is 19.6 Å². The summed E-state index contributed by atoms with van der Waals surface area (Å²) < 4.78 is 0. The molecule has 2 rings (SSSR count). The van der Waals surface area contributed by atoms with Gasteiger partial charge in [0.05, 0.1) is 12.5 Å². The number of nitrogens with zero attached hydrogens (tertiary/aromatic N) is 2. The zero-order valence-corrected chi connectivity index (χ0v) is 9.93. The van der Waals surface area contributed by atoms with Crippen LogP contribution in [-0.4, -0.2) is 48.1 Å². The van der Waals surface area contributed by atoms with Crippen molar-refractivity contribution in [3.63, 3.8) is 0 Å². The highest BCUT2D eigenvalue weighted by molar-refractivity contribution is 5.79. The smallest absolute Gasteiger partial charge is 0.314 e. The Morgan fingerprint density at radius 1 is 1.18 bits per heavy atom. The second-order valence-electron chi connectivity index (χ2n) is 4.60. The number of amides is 3. The van der Waals surface area contributed by atoms with Gasteiger partial charge in [0.2, 0.25) is 0 Å². The molecule has 3 amide bonds. The fourth-order valence-corrected chi connectivity index (χ4v) is 2.35. The Balaban J connectivity index is 1.91. The van der Waals surface area contributed by atoms with Crippen LogP contribution in [0.4, 0.5) is 4.79 Å². The first-order valence-corrected chi connectivity index (χ1v) is 6.17. The first-order chi connectivity index (χ1) is 8.18. The SMILES string of the molecule is NC(=O)N1CCCC(C(=O)N2CCCCO2)C1. The third-order valence-corrected chi connectivity index (χ3v) is 3.33. The number of primary amides is 1. The average Bonchev–Trinajstić information content (AvgIpc) is 2.39. The number of hydrogen-bond donors (Lipinski definition) is 1. The number of likely N-dealkylation sites (tertiary alicyclic amines) is 1. The van der Waals surface area contributed by atoms with E-state index in [1.165, 1.54) is 9.96 Å². The standard InChI is InChI=1S/C11H19N3O3/c12-11(16)13-5-3-4-9(8-13)10(15)14-6-1-2-7-17-14/h9H,1-8H2,(H2,12,16). The van der Waals surface area contributed by atoms with Gasteiger partial charge in [-0.25, -0.2) is 9.86 Å². The molecule has 2 N–H and O–H groups in total. The normalized spacial score (nSPS) is 25.8. The minimum atomic E-state index is -0.443. The monoisotopic (exact) mass is 241 g/mol. The van der Waals surface area contributed by atoms with E-state index < -0.39 is 6.03 Å². The van der Waals surface area contributed by atoms with Crippen molar-refractivity contribution in [1.29, 1.82) is 0 Å². The molecular formula is C11H19N3O3. The molecule has 2 aliphatic rings. The van der Waals surface area contributed by atoms with Gasteiger partial charge >= 0.3 is 6.03 Å². The highest BCUT2D eigenvalue weighted by atomic mass is 16.7. The lowest BCUT2D eigenvalue weighted by molar-refractivity contribution is -0.202. The van der Waals surface area contributed by atoms with E-state index >= 15 is 0 Å². The molecule has 0 aromatic heterocycles. The zero-order valence-electron chi connectivity index (χ0n) is 9.93. The predicted molar refractivity (Wildman–Crippen MR) is 60.8 cm³/mol. The van der Waals surface area contributed by atoms with Crippen molar-refractivity contribution >= 4 is 11.9 Å². The van der Waals surface area contributed by atoms with Crippen LogP contribution in [0.15, 0.2) is 0 Å². The van der Waals surface area contributed by atoms with Crippen molar-refractivity contribution in [2.45, 2.75) is 25.7 Å². The fraction of sp³-hybridized carbons (Fsp3) is 0.818. The van der Waals surface area contributed by atoms with Gasteiger partial charge < -0.3 is 10.6 Å². The van der Waals surface area contributed by atoms with E-state index in [1.54, 1.807) is 0 Å². The lowest BCUT2D eigenvalue weighted by Crippen LogP contribution is -2.49. The minimum Gasteiger partial charge on any atom is -0.351 e. The van der Waals surface area contributed by atoms with Crippen LogP contribution in [0.25, 0.3) is 0 Å². The molecule has 0 bridgehead atoms. The summed E-state index contributed by atoms with van der Waals surface area (Å²) in [6.45, 7) is 2.35. The summed E-state index contributed by atoms with van der Waals surface area (Å²) in [5.41, 5.74) is 5.24. The number of carbonyl (C=O) groups excluding carboxylic acids is 2. The van der Waals surface area contributed by atoms with Crippen molar-refractivity contribution in [3.05, 3.63) is 0 Å². The molecule has 2 heterocycles. The third-order valence-electron chi connectivity index (χ3n) is 3.33. The van der Waals surface area contributed by atoms with E-state index in [1.807, 2.05) is 0 Å². The number of piperidine rings is 1. The highest BCUT2D eigenvalue weighted by Gasteiger charge is 2.31. The molecule has 6 heteroatoms. The number of rotatable bonds is 1. The summed E-state index contributed by atoms with van der Waals surface area (Å²) in [4.78, 5) is 30.1. The molecule has 6 nitrogen and oxygen atoms in total. The summed E-state index contributed by atoms with van der Waals surface area (Å²) in [5.74, 6) is -0.162. The van der Waals surface area contributed by atoms with Crippen molar-refractivity contribution in [3.8, 4) is 0 Å². The molecule has 0 saturated carbocycles. The molecular weight excluding hydrogens is 222 g/mol. The molecule has 17 heavy (non-hydrogen) atoms. The van der Waals surface area contributed by atoms with Crippen LogP contribution < -0.4 is 5.73 Å². The number of hydroxylamine groups is 2. The predicted octanol–water partition coefficient (Wildman–Crippen LogP) is 0.331. The van der Waals surface area contributed by atoms with Crippen molar-refractivity contribution in [1.82, 2.24) is 9.96 Å². The van der Waals surface area contributed by atoms with E-state index in [0.29, 0.717) is 26.2 Å². The van der Waals surface area contributed by atoms with Crippen LogP contribution in [0.2, 0.25) is 0 Å². The maximum atomic E-state index is 12.1. The molecule has 0 spiro atoms. The van der Waals surface area contributed by atoms with Crippen LogP contribution in [0, 0.1) is 5.92 Å². The Labute approximate surface area is 101 Å². The van der Waals surface area contributed by atoms with Gasteiger partial charge in [-0.2, -0.15) is 0 Å². The van der Waals surface area contributed by atoms with Crippen LogP contribution in [-0.2, 0) is 9.63 Å². The van der Waals surface area contributed by atoms with Gasteiger partial charge in [-0.1, -0.05) is 0 Å². The maximum absolute atomic E-state index is 12.1. The van der Waals surface area contributed by atoms with Crippen LogP contribution in [0.1, 0.15) is 25.7 Å². The van der Waals surface area contributed by atoms with E-state index in [4.69, 9.17) is 10.6 Å². The molecule has 1 unspecified atom stereocenters. The topological polar surface area (TPSA) is 75.9 Å². The van der Waals surface area contributed by atoms with Gasteiger partial charge in [-0.3, -0.25) is 9.63 Å². The van der Waals surface area contributed by atoms with Crippen LogP contribution in [0.5, 0.6) is 0 Å². The number of carbonyl (C=O) groups is 2. The molecule has 2 aliphatic heterocycles. The molecule has 2 fully saturated rings. The van der Waals surface area contributed by atoms with Gasteiger partial charge in [-0.15, -0.1) is 0 Å². The Morgan fingerprint density at radius 2 is 2.00 bits per heavy atom. The number of urea groups is 1. The summed E-state index contributed by atoms with van der Waals surface area (Å²) >= 11 is 0. The van der Waals surface area contributed by atoms with Gasteiger partial charge in [0.1, 0.15) is 0 Å². The summed E-state index contributed by atoms with van der Waals surface area (Å²) in [7, 11) is 0. The number of hydrogen-bond acceptors (Lipinski definition) is 3. The second kappa shape index (κ2) is 5.35. The second-order valence-corrected chi connectivity index (χ2v) is 4.60. The van der Waals surface area contributed by atoms with E-state index in [0.717, 1.165) is 25.7 Å². The van der Waals surface area contributed by atoms with Gasteiger partial charge in [-0.05, 0) is 25.7 Å². The number of nitrogens with two attached hydrogens (primary N) is 1. The lowest BCUT2D eigenvalue weighted by atomic mass is 9.97. The van der Waals surface area contributed by atoms with E-state index in [-0.39, 0.29) is 11.8 Å². The van der Waals surface area contributed by atoms with Crippen molar-refractivity contribution in [2.24, 2.45) is 11.7 Å². The molecule has 0 radical (unpaired) electrons. The first kappa shape index (κ1) is 12.2. The van der Waals surface area contributed by atoms with Gasteiger partial charge in [0.15, 0.2) is 0 Å². The largest absolute Gasteiger partial charge is 0.351 e. The van der Waals surface area contributed by atoms with Crippen molar-refractivity contribution < 1.29 is 14.4 Å². The minimum absolute atomic E-state index is 0.00403. The highest BCUT2D eigenvalue weighted by Crippen LogP contribution is 2.20. The maximum Gasteiger partial charge on any atom is 0.314 e. The zero-order chi connectivity index (χ0) is 12.3. The summed E-state index contributed by atoms with van der Waals surface area (Å²) in [6.07, 6.45) is 3.62. The van der Waals surface area contributed by atoms with Crippen LogP contribution in [0.3, 0.4) is 0 Å². The molecule has 0 aliphatic carbocycles. The first-order valence-electron chi connectivity index (χ1n) is 6.17. The lowest BCUT2D eigenvalue weighted by Gasteiger charge is -2.34. The fourth-order valence-electron chi connectivity index (χ4n) is 2.35. The Hall–Kier alpha value is -1.30. The molecule has 0 aromatic carbocycles. The summed E-state index contributed by atoms with van der Waals surface area (Å²) in [6, 6.07) is -0.443. The van der Waals surface area contributed by atoms with E-state index in [2.05, 4.69) is 0 Å². The average molecular weight is 241 g/mol. The van der Waals surface area contributed by atoms with Crippen LogP contribution >= 0.6 is 0 Å². The Kier molecular flexibility index (Phi) is 3.83. The van der Waals surface area contributed by atoms with Crippen molar-refractivity contribution in [2.75, 3.05) is 26.2 Å². The third kappa shape index (κ3) is 2.88. The molecule has 0 aromatic rings. The Morgan fingerprint density at radius 3 is 2.65 bits per heavy atom. The quantitative estimate of drug-likeness (QED) is 0.718. The molecule has 96 valence electrons. The molecule has 2 saturated heterocycles. The Bertz CT molecular complexity index is 302. The molecule has 1 atom stereocenters.